The molecule has 23 heavy (non-hydrogen) atoms. The summed E-state index contributed by atoms with van der Waals surface area (Å²) < 4.78 is 7.04. The SMILES string of the molecule is CC(C)(O)Cn1nc(-c2cc(C3CC3)on2)c2c(N)ncnc21. The Labute approximate surface area is 132 Å². The molecular formula is C15H18N6O2. The van der Waals surface area contributed by atoms with Gasteiger partial charge in [-0.25, -0.2) is 14.6 Å². The van der Waals surface area contributed by atoms with Crippen molar-refractivity contribution in [1.29, 1.82) is 0 Å². The van der Waals surface area contributed by atoms with Crippen LogP contribution in [0.3, 0.4) is 0 Å². The Hall–Kier alpha value is -2.48. The quantitative estimate of drug-likeness (QED) is 0.753. The Bertz CT molecular complexity index is 872. The van der Waals surface area contributed by atoms with E-state index in [9.17, 15) is 5.11 Å². The molecular weight excluding hydrogens is 296 g/mol. The zero-order valence-electron chi connectivity index (χ0n) is 13.0. The molecule has 3 heterocycles. The third-order valence-electron chi connectivity index (χ3n) is 3.85. The molecule has 120 valence electrons. The number of nitrogen functional groups attached to an aromatic ring is 1. The van der Waals surface area contributed by atoms with Crippen LogP contribution in [0.5, 0.6) is 0 Å². The van der Waals surface area contributed by atoms with E-state index in [1.165, 1.54) is 6.33 Å². The second-order valence-electron chi connectivity index (χ2n) is 6.67. The number of nitrogens with zero attached hydrogens (tertiary/aromatic N) is 5. The fourth-order valence-electron chi connectivity index (χ4n) is 2.65. The molecule has 0 aromatic carbocycles. The van der Waals surface area contributed by atoms with Crippen LogP contribution in [-0.4, -0.2) is 35.6 Å². The van der Waals surface area contributed by atoms with Crippen LogP contribution in [0.4, 0.5) is 5.82 Å². The van der Waals surface area contributed by atoms with Crippen LogP contribution in [0.2, 0.25) is 0 Å². The van der Waals surface area contributed by atoms with Crippen molar-refractivity contribution in [3.8, 4) is 11.4 Å². The standard InChI is InChI=1S/C15H18N6O2/c1-15(2,22)6-21-14-11(13(16)17-7-18-14)12(19-21)9-5-10(23-20-9)8-3-4-8/h5,7-8,22H,3-4,6H2,1-2H3,(H2,16,17,18). The summed E-state index contributed by atoms with van der Waals surface area (Å²) in [5, 5.41) is 19.4. The molecule has 1 fully saturated rings. The molecule has 3 N–H and O–H groups in total. The molecule has 8 heteroatoms. The van der Waals surface area contributed by atoms with Gasteiger partial charge in [0.15, 0.2) is 5.65 Å². The van der Waals surface area contributed by atoms with Crippen molar-refractivity contribution in [3.05, 3.63) is 18.2 Å². The minimum atomic E-state index is -0.932. The first-order chi connectivity index (χ1) is 10.9. The van der Waals surface area contributed by atoms with Gasteiger partial charge in [-0.3, -0.25) is 0 Å². The second kappa shape index (κ2) is 4.76. The van der Waals surface area contributed by atoms with Gasteiger partial charge >= 0.3 is 0 Å². The van der Waals surface area contributed by atoms with Crippen molar-refractivity contribution in [2.24, 2.45) is 0 Å². The Morgan fingerprint density at radius 3 is 2.87 bits per heavy atom. The van der Waals surface area contributed by atoms with E-state index in [-0.39, 0.29) is 6.54 Å². The van der Waals surface area contributed by atoms with Crippen LogP contribution < -0.4 is 5.73 Å². The van der Waals surface area contributed by atoms with Gasteiger partial charge in [-0.2, -0.15) is 5.10 Å². The lowest BCUT2D eigenvalue weighted by molar-refractivity contribution is 0.0590. The largest absolute Gasteiger partial charge is 0.389 e. The van der Waals surface area contributed by atoms with Gasteiger partial charge in [0.05, 0.1) is 17.5 Å². The first-order valence-electron chi connectivity index (χ1n) is 7.59. The molecule has 0 unspecified atom stereocenters. The average Bonchev–Trinajstić information content (AvgIpc) is 3.09. The first-order valence-corrected chi connectivity index (χ1v) is 7.59. The van der Waals surface area contributed by atoms with Crippen LogP contribution in [0, 0.1) is 0 Å². The highest BCUT2D eigenvalue weighted by Gasteiger charge is 2.29. The van der Waals surface area contributed by atoms with Crippen molar-refractivity contribution < 1.29 is 9.63 Å². The van der Waals surface area contributed by atoms with Gasteiger partial charge < -0.3 is 15.4 Å². The molecule has 0 atom stereocenters. The zero-order valence-corrected chi connectivity index (χ0v) is 13.0. The van der Waals surface area contributed by atoms with E-state index >= 15 is 0 Å². The van der Waals surface area contributed by atoms with Gasteiger partial charge in [0.2, 0.25) is 0 Å². The molecule has 3 aromatic rings. The highest BCUT2D eigenvalue weighted by atomic mass is 16.5. The summed E-state index contributed by atoms with van der Waals surface area (Å²) in [6.45, 7) is 3.71. The number of hydrogen-bond acceptors (Lipinski definition) is 7. The monoisotopic (exact) mass is 314 g/mol. The number of hydrogen-bond donors (Lipinski definition) is 2. The zero-order chi connectivity index (χ0) is 16.2. The molecule has 3 aromatic heterocycles. The average molecular weight is 314 g/mol. The van der Waals surface area contributed by atoms with Gasteiger partial charge in [-0.15, -0.1) is 0 Å². The number of anilines is 1. The Balaban J connectivity index is 1.87. The highest BCUT2D eigenvalue weighted by Crippen LogP contribution is 2.41. The lowest BCUT2D eigenvalue weighted by atomic mass is 10.1. The topological polar surface area (TPSA) is 116 Å². The molecule has 0 radical (unpaired) electrons. The van der Waals surface area contributed by atoms with Crippen molar-refractivity contribution >= 4 is 16.9 Å². The van der Waals surface area contributed by atoms with Crippen LogP contribution >= 0.6 is 0 Å². The Kier molecular flexibility index (Phi) is 2.92. The lowest BCUT2D eigenvalue weighted by Crippen LogP contribution is -2.26. The van der Waals surface area contributed by atoms with Gasteiger partial charge in [0.1, 0.15) is 29.3 Å². The maximum atomic E-state index is 10.1. The fraction of sp³-hybridized carbons (Fsp3) is 0.467. The summed E-state index contributed by atoms with van der Waals surface area (Å²) in [4.78, 5) is 8.32. The van der Waals surface area contributed by atoms with Crippen LogP contribution in [-0.2, 0) is 6.54 Å². The fourth-order valence-corrected chi connectivity index (χ4v) is 2.65. The summed E-state index contributed by atoms with van der Waals surface area (Å²) in [6.07, 6.45) is 3.66. The number of aliphatic hydroxyl groups is 1. The maximum Gasteiger partial charge on any atom is 0.164 e. The van der Waals surface area contributed by atoms with Crippen molar-refractivity contribution in [2.75, 3.05) is 5.73 Å². The molecule has 0 saturated heterocycles. The molecule has 8 nitrogen and oxygen atoms in total. The Morgan fingerprint density at radius 2 is 2.17 bits per heavy atom. The van der Waals surface area contributed by atoms with Crippen molar-refractivity contribution in [1.82, 2.24) is 24.9 Å². The summed E-state index contributed by atoms with van der Waals surface area (Å²) >= 11 is 0. The van der Waals surface area contributed by atoms with E-state index in [2.05, 4.69) is 20.2 Å². The molecule has 0 aliphatic heterocycles. The summed E-state index contributed by atoms with van der Waals surface area (Å²) in [5.74, 6) is 1.68. The van der Waals surface area contributed by atoms with E-state index in [4.69, 9.17) is 10.3 Å². The lowest BCUT2D eigenvalue weighted by Gasteiger charge is -2.16. The van der Waals surface area contributed by atoms with Crippen LogP contribution in [0.25, 0.3) is 22.4 Å². The number of aromatic nitrogens is 5. The maximum absolute atomic E-state index is 10.1. The molecule has 1 aliphatic rings. The Morgan fingerprint density at radius 1 is 1.39 bits per heavy atom. The van der Waals surface area contributed by atoms with E-state index in [1.807, 2.05) is 6.07 Å². The number of nitrogens with two attached hydrogens (primary N) is 1. The molecule has 1 aliphatic carbocycles. The summed E-state index contributed by atoms with van der Waals surface area (Å²) in [5.41, 5.74) is 6.87. The third kappa shape index (κ3) is 2.55. The van der Waals surface area contributed by atoms with Crippen molar-refractivity contribution in [2.45, 2.75) is 44.8 Å². The number of rotatable bonds is 4. The van der Waals surface area contributed by atoms with E-state index in [0.29, 0.717) is 34.2 Å². The minimum Gasteiger partial charge on any atom is -0.389 e. The van der Waals surface area contributed by atoms with Gasteiger partial charge in [-0.05, 0) is 26.7 Å². The molecule has 0 spiro atoms. The summed E-state index contributed by atoms with van der Waals surface area (Å²) in [6, 6.07) is 1.90. The highest BCUT2D eigenvalue weighted by molar-refractivity contribution is 5.97. The van der Waals surface area contributed by atoms with Crippen LogP contribution in [0.15, 0.2) is 16.9 Å². The second-order valence-corrected chi connectivity index (χ2v) is 6.67. The normalized spacial score (nSPS) is 15.4. The predicted octanol–water partition coefficient (Wildman–Crippen LogP) is 1.71. The van der Waals surface area contributed by atoms with E-state index < -0.39 is 5.60 Å². The third-order valence-corrected chi connectivity index (χ3v) is 3.85. The minimum absolute atomic E-state index is 0.285. The van der Waals surface area contributed by atoms with E-state index in [0.717, 1.165) is 18.6 Å². The molecule has 0 amide bonds. The van der Waals surface area contributed by atoms with E-state index in [1.54, 1.807) is 18.5 Å². The smallest absolute Gasteiger partial charge is 0.164 e. The number of fused-ring (bicyclic) bond motifs is 1. The van der Waals surface area contributed by atoms with Gasteiger partial charge in [0, 0.05) is 12.0 Å². The van der Waals surface area contributed by atoms with Gasteiger partial charge in [-0.1, -0.05) is 5.16 Å². The van der Waals surface area contributed by atoms with Gasteiger partial charge in [0.25, 0.3) is 0 Å². The molecule has 4 rings (SSSR count). The molecule has 0 bridgehead atoms. The van der Waals surface area contributed by atoms with Crippen molar-refractivity contribution in [3.63, 3.8) is 0 Å². The first kappa shape index (κ1) is 14.1. The van der Waals surface area contributed by atoms with Crippen LogP contribution in [0.1, 0.15) is 38.4 Å². The molecule has 1 saturated carbocycles. The predicted molar refractivity (Wildman–Crippen MR) is 83.5 cm³/mol. The summed E-state index contributed by atoms with van der Waals surface area (Å²) in [7, 11) is 0.